The van der Waals surface area contributed by atoms with E-state index in [2.05, 4.69) is 27.6 Å². The van der Waals surface area contributed by atoms with Crippen LogP contribution in [0.4, 0.5) is 0 Å². The van der Waals surface area contributed by atoms with E-state index in [0.717, 1.165) is 16.7 Å². The number of aromatic nitrogens is 2. The van der Waals surface area contributed by atoms with E-state index in [4.69, 9.17) is 0 Å². The van der Waals surface area contributed by atoms with Crippen molar-refractivity contribution in [3.05, 3.63) is 88.3 Å². The van der Waals surface area contributed by atoms with E-state index >= 15 is 0 Å². The fourth-order valence-corrected chi connectivity index (χ4v) is 2.42. The van der Waals surface area contributed by atoms with Gasteiger partial charge in [-0.15, -0.1) is 0 Å². The molecule has 0 bridgehead atoms. The molecule has 0 aliphatic carbocycles. The summed E-state index contributed by atoms with van der Waals surface area (Å²) in [5.74, 6) is -0.328. The van der Waals surface area contributed by atoms with Gasteiger partial charge in [0, 0.05) is 6.07 Å². The Morgan fingerprint density at radius 2 is 1.62 bits per heavy atom. The Kier molecular flexibility index (Phi) is 4.52. The van der Waals surface area contributed by atoms with E-state index in [1.807, 2.05) is 49.4 Å². The van der Waals surface area contributed by atoms with Crippen LogP contribution in [0.1, 0.15) is 29.0 Å². The number of carbonyl (C=O) groups excluding carboxylic acids is 1. The maximum atomic E-state index is 12.1. The van der Waals surface area contributed by atoms with Crippen molar-refractivity contribution in [2.45, 2.75) is 13.0 Å². The molecule has 0 aliphatic rings. The first kappa shape index (κ1) is 15.7. The number of carbonyl (C=O) groups is 1. The second-order valence-electron chi connectivity index (χ2n) is 5.49. The van der Waals surface area contributed by atoms with Crippen molar-refractivity contribution < 1.29 is 4.79 Å². The summed E-state index contributed by atoms with van der Waals surface area (Å²) in [6, 6.07) is 20.7. The molecule has 1 aromatic heterocycles. The number of nitrogens with zero attached hydrogens (tertiary/aromatic N) is 1. The van der Waals surface area contributed by atoms with Gasteiger partial charge < -0.3 is 5.32 Å². The highest BCUT2D eigenvalue weighted by Crippen LogP contribution is 2.21. The van der Waals surface area contributed by atoms with Gasteiger partial charge in [-0.25, -0.2) is 5.10 Å². The standard InChI is InChI=1S/C19H17N3O2/c1-13(20-19(24)17-11-12-18(23)22-21-17)14-7-9-16(10-8-14)15-5-3-2-4-6-15/h2-13H,1H3,(H,20,24)(H,22,23). The normalized spacial score (nSPS) is 11.7. The summed E-state index contributed by atoms with van der Waals surface area (Å²) in [4.78, 5) is 23.1. The van der Waals surface area contributed by atoms with E-state index in [9.17, 15) is 9.59 Å². The molecule has 24 heavy (non-hydrogen) atoms. The van der Waals surface area contributed by atoms with Gasteiger partial charge in [-0.3, -0.25) is 9.59 Å². The smallest absolute Gasteiger partial charge is 0.272 e. The topological polar surface area (TPSA) is 74.8 Å². The van der Waals surface area contributed by atoms with Gasteiger partial charge in [-0.2, -0.15) is 5.10 Å². The summed E-state index contributed by atoms with van der Waals surface area (Å²) >= 11 is 0. The highest BCUT2D eigenvalue weighted by Gasteiger charge is 2.12. The van der Waals surface area contributed by atoms with E-state index in [0.29, 0.717) is 0 Å². The van der Waals surface area contributed by atoms with Crippen LogP contribution in [0.5, 0.6) is 0 Å². The first-order chi connectivity index (χ1) is 11.6. The Morgan fingerprint density at radius 1 is 0.958 bits per heavy atom. The largest absolute Gasteiger partial charge is 0.344 e. The number of hydrogen-bond donors (Lipinski definition) is 2. The Balaban J connectivity index is 1.71. The first-order valence-corrected chi connectivity index (χ1v) is 7.65. The molecule has 3 rings (SSSR count). The van der Waals surface area contributed by atoms with Crippen LogP contribution in [0, 0.1) is 0 Å². The number of aromatic amines is 1. The van der Waals surface area contributed by atoms with Crippen molar-refractivity contribution in [1.29, 1.82) is 0 Å². The van der Waals surface area contributed by atoms with E-state index in [1.165, 1.54) is 12.1 Å². The van der Waals surface area contributed by atoms with E-state index < -0.39 is 0 Å². The first-order valence-electron chi connectivity index (χ1n) is 7.65. The quantitative estimate of drug-likeness (QED) is 0.776. The summed E-state index contributed by atoms with van der Waals surface area (Å²) in [5.41, 5.74) is 3.12. The van der Waals surface area contributed by atoms with Crippen LogP contribution in [0.2, 0.25) is 0 Å². The number of H-pyrrole nitrogens is 1. The maximum Gasteiger partial charge on any atom is 0.272 e. The third kappa shape index (κ3) is 3.57. The highest BCUT2D eigenvalue weighted by atomic mass is 16.2. The van der Waals surface area contributed by atoms with Gasteiger partial charge in [0.05, 0.1) is 6.04 Å². The SMILES string of the molecule is CC(NC(=O)c1ccc(=O)[nH]n1)c1ccc(-c2ccccc2)cc1. The summed E-state index contributed by atoms with van der Waals surface area (Å²) in [6.45, 7) is 1.90. The third-order valence-corrected chi connectivity index (χ3v) is 3.78. The molecule has 120 valence electrons. The van der Waals surface area contributed by atoms with Crippen LogP contribution in [-0.4, -0.2) is 16.1 Å². The van der Waals surface area contributed by atoms with Gasteiger partial charge in [-0.1, -0.05) is 54.6 Å². The number of nitrogens with one attached hydrogen (secondary N) is 2. The Labute approximate surface area is 139 Å². The van der Waals surface area contributed by atoms with Crippen LogP contribution in [0.25, 0.3) is 11.1 Å². The van der Waals surface area contributed by atoms with Crippen molar-refractivity contribution in [1.82, 2.24) is 15.5 Å². The van der Waals surface area contributed by atoms with Crippen LogP contribution in [-0.2, 0) is 0 Å². The predicted molar refractivity (Wildman–Crippen MR) is 92.6 cm³/mol. The monoisotopic (exact) mass is 319 g/mol. The summed E-state index contributed by atoms with van der Waals surface area (Å²) < 4.78 is 0. The highest BCUT2D eigenvalue weighted by molar-refractivity contribution is 5.92. The molecule has 1 unspecified atom stereocenters. The number of hydrogen-bond acceptors (Lipinski definition) is 3. The third-order valence-electron chi connectivity index (χ3n) is 3.78. The van der Waals surface area contributed by atoms with Crippen LogP contribution >= 0.6 is 0 Å². The van der Waals surface area contributed by atoms with Crippen molar-refractivity contribution >= 4 is 5.91 Å². The second-order valence-corrected chi connectivity index (χ2v) is 5.49. The molecule has 5 nitrogen and oxygen atoms in total. The van der Waals surface area contributed by atoms with Gasteiger partial charge in [-0.05, 0) is 29.7 Å². The van der Waals surface area contributed by atoms with Crippen LogP contribution < -0.4 is 10.9 Å². The summed E-state index contributed by atoms with van der Waals surface area (Å²) in [6.07, 6.45) is 0. The molecule has 1 atom stereocenters. The lowest BCUT2D eigenvalue weighted by Gasteiger charge is -2.14. The molecule has 0 saturated heterocycles. The van der Waals surface area contributed by atoms with Gasteiger partial charge in [0.2, 0.25) is 0 Å². The molecule has 0 fully saturated rings. The van der Waals surface area contributed by atoms with Crippen molar-refractivity contribution in [3.63, 3.8) is 0 Å². The number of rotatable bonds is 4. The minimum atomic E-state index is -0.337. The Morgan fingerprint density at radius 3 is 2.25 bits per heavy atom. The zero-order chi connectivity index (χ0) is 16.9. The second kappa shape index (κ2) is 6.91. The molecule has 5 heteroatoms. The summed E-state index contributed by atoms with van der Waals surface area (Å²) in [5, 5.41) is 8.85. The molecule has 1 amide bonds. The molecule has 0 saturated carbocycles. The van der Waals surface area contributed by atoms with Gasteiger partial charge in [0.1, 0.15) is 5.69 Å². The van der Waals surface area contributed by atoms with Crippen molar-refractivity contribution in [2.75, 3.05) is 0 Å². The molecule has 2 aromatic carbocycles. The van der Waals surface area contributed by atoms with Crippen LogP contribution in [0.3, 0.4) is 0 Å². The number of amides is 1. The predicted octanol–water partition coefficient (Wildman–Crippen LogP) is 2.93. The molecule has 3 aromatic rings. The lowest BCUT2D eigenvalue weighted by molar-refractivity contribution is 0.0933. The van der Waals surface area contributed by atoms with E-state index in [-0.39, 0.29) is 23.2 Å². The zero-order valence-electron chi connectivity index (χ0n) is 13.2. The Bertz CT molecular complexity index is 866. The maximum absolute atomic E-state index is 12.1. The summed E-state index contributed by atoms with van der Waals surface area (Å²) in [7, 11) is 0. The minimum Gasteiger partial charge on any atom is -0.344 e. The Hall–Kier alpha value is -3.21. The fourth-order valence-electron chi connectivity index (χ4n) is 2.42. The molecule has 1 heterocycles. The average molecular weight is 319 g/mol. The molecular formula is C19H17N3O2. The van der Waals surface area contributed by atoms with Gasteiger partial charge in [0.15, 0.2) is 0 Å². The minimum absolute atomic E-state index is 0.170. The van der Waals surface area contributed by atoms with Crippen molar-refractivity contribution in [3.8, 4) is 11.1 Å². The number of benzene rings is 2. The van der Waals surface area contributed by atoms with Crippen LogP contribution in [0.15, 0.2) is 71.5 Å². The van der Waals surface area contributed by atoms with E-state index in [1.54, 1.807) is 0 Å². The molecule has 0 radical (unpaired) electrons. The van der Waals surface area contributed by atoms with Crippen molar-refractivity contribution in [2.24, 2.45) is 0 Å². The molecule has 2 N–H and O–H groups in total. The molecule has 0 spiro atoms. The average Bonchev–Trinajstić information content (AvgIpc) is 2.63. The lowest BCUT2D eigenvalue weighted by Crippen LogP contribution is -2.28. The molecule has 0 aliphatic heterocycles. The van der Waals surface area contributed by atoms with Gasteiger partial charge in [0.25, 0.3) is 11.5 Å². The fraction of sp³-hybridized carbons (Fsp3) is 0.105. The lowest BCUT2D eigenvalue weighted by atomic mass is 10.0. The molecular weight excluding hydrogens is 302 g/mol. The zero-order valence-corrected chi connectivity index (χ0v) is 13.2. The van der Waals surface area contributed by atoms with Gasteiger partial charge >= 0.3 is 0 Å².